The van der Waals surface area contributed by atoms with E-state index in [1.165, 1.54) is 25.7 Å². The van der Waals surface area contributed by atoms with Gasteiger partial charge in [0.1, 0.15) is 0 Å². The van der Waals surface area contributed by atoms with E-state index in [-0.39, 0.29) is 6.04 Å². The molecule has 1 N–H and O–H groups in total. The van der Waals surface area contributed by atoms with Crippen LogP contribution in [-0.2, 0) is 4.79 Å². The topological polar surface area (TPSA) is 71.3 Å². The van der Waals surface area contributed by atoms with E-state index < -0.39 is 0 Å². The van der Waals surface area contributed by atoms with Crippen LogP contribution >= 0.6 is 0 Å². The first-order valence-electron chi connectivity index (χ1n) is 9.06. The van der Waals surface area contributed by atoms with Crippen LogP contribution in [0.4, 0.5) is 0 Å². The van der Waals surface area contributed by atoms with Crippen LogP contribution in [0, 0.1) is 12.8 Å². The van der Waals surface area contributed by atoms with Gasteiger partial charge < -0.3 is 14.7 Å². The van der Waals surface area contributed by atoms with Gasteiger partial charge >= 0.3 is 0 Å². The summed E-state index contributed by atoms with van der Waals surface area (Å²) in [5.41, 5.74) is 0. The summed E-state index contributed by atoms with van der Waals surface area (Å²) in [6.07, 6.45) is 8.08. The maximum Gasteiger partial charge on any atom is 0.239 e. The number of aromatic nitrogens is 2. The average Bonchev–Trinajstić information content (AvgIpc) is 3.20. The molecule has 0 aromatic carbocycles. The summed E-state index contributed by atoms with van der Waals surface area (Å²) in [7, 11) is 0. The van der Waals surface area contributed by atoms with Crippen molar-refractivity contribution in [1.82, 2.24) is 20.4 Å². The van der Waals surface area contributed by atoms with Crippen LogP contribution in [0.1, 0.15) is 62.6 Å². The molecule has 2 aliphatic heterocycles. The van der Waals surface area contributed by atoms with Crippen molar-refractivity contribution < 1.29 is 9.32 Å². The molecule has 23 heavy (non-hydrogen) atoms. The number of nitrogens with one attached hydrogen (secondary N) is 1. The van der Waals surface area contributed by atoms with Gasteiger partial charge in [-0.15, -0.1) is 0 Å². The zero-order valence-electron chi connectivity index (χ0n) is 13.8. The third-order valence-electron chi connectivity index (χ3n) is 5.88. The number of carbonyl (C=O) groups excluding carboxylic acids is 1. The summed E-state index contributed by atoms with van der Waals surface area (Å²) in [6.45, 7) is 3.44. The Labute approximate surface area is 137 Å². The lowest BCUT2D eigenvalue weighted by Gasteiger charge is -2.32. The van der Waals surface area contributed by atoms with Crippen molar-refractivity contribution in [2.75, 3.05) is 13.1 Å². The van der Waals surface area contributed by atoms with E-state index >= 15 is 0 Å². The molecule has 1 aliphatic carbocycles. The monoisotopic (exact) mass is 318 g/mol. The van der Waals surface area contributed by atoms with Gasteiger partial charge in [-0.2, -0.15) is 4.98 Å². The molecule has 3 fully saturated rings. The highest BCUT2D eigenvalue weighted by molar-refractivity contribution is 5.82. The number of piperidine rings is 1. The summed E-state index contributed by atoms with van der Waals surface area (Å²) in [5, 5.41) is 7.64. The standard InChI is InChI=1S/C17H26N4O2/c1-11-18-16(20-23-11)12-6-8-21(9-7-12)17(22)15-10-13-4-2-3-5-14(13)19-15/h12-15,19H,2-10H2,1H3/t13-,14-,15-/m0/s1. The Morgan fingerprint density at radius 3 is 2.70 bits per heavy atom. The lowest BCUT2D eigenvalue weighted by atomic mass is 9.85. The molecule has 126 valence electrons. The highest BCUT2D eigenvalue weighted by atomic mass is 16.5. The van der Waals surface area contributed by atoms with E-state index in [1.807, 2.05) is 11.8 Å². The minimum absolute atomic E-state index is 0.0482. The van der Waals surface area contributed by atoms with Crippen molar-refractivity contribution in [3.8, 4) is 0 Å². The fourth-order valence-electron chi connectivity index (χ4n) is 4.57. The van der Waals surface area contributed by atoms with Crippen molar-refractivity contribution in [2.24, 2.45) is 5.92 Å². The third-order valence-corrected chi connectivity index (χ3v) is 5.88. The first-order chi connectivity index (χ1) is 11.2. The van der Waals surface area contributed by atoms with Gasteiger partial charge in [-0.05, 0) is 38.0 Å². The number of hydrogen-bond donors (Lipinski definition) is 1. The Morgan fingerprint density at radius 2 is 2.00 bits per heavy atom. The Bertz CT molecular complexity index is 551. The van der Waals surface area contributed by atoms with Crippen molar-refractivity contribution in [3.05, 3.63) is 11.7 Å². The molecule has 3 heterocycles. The van der Waals surface area contributed by atoms with Crippen LogP contribution in [0.15, 0.2) is 4.52 Å². The first kappa shape index (κ1) is 15.1. The summed E-state index contributed by atoms with van der Waals surface area (Å²) >= 11 is 0. The fraction of sp³-hybridized carbons (Fsp3) is 0.824. The van der Waals surface area contributed by atoms with Crippen molar-refractivity contribution in [1.29, 1.82) is 0 Å². The molecule has 0 bridgehead atoms. The molecular formula is C17H26N4O2. The van der Waals surface area contributed by atoms with Gasteiger partial charge in [0.15, 0.2) is 5.82 Å². The second kappa shape index (κ2) is 6.23. The summed E-state index contributed by atoms with van der Waals surface area (Å²) in [4.78, 5) is 19.2. The summed E-state index contributed by atoms with van der Waals surface area (Å²) in [6, 6.07) is 0.629. The largest absolute Gasteiger partial charge is 0.341 e. The second-order valence-electron chi connectivity index (χ2n) is 7.38. The van der Waals surface area contributed by atoms with Gasteiger partial charge in [-0.25, -0.2) is 0 Å². The van der Waals surface area contributed by atoms with Crippen LogP contribution < -0.4 is 5.32 Å². The van der Waals surface area contributed by atoms with E-state index in [9.17, 15) is 4.79 Å². The van der Waals surface area contributed by atoms with E-state index in [2.05, 4.69) is 15.5 Å². The number of rotatable bonds is 2. The van der Waals surface area contributed by atoms with Crippen LogP contribution in [0.5, 0.6) is 0 Å². The van der Waals surface area contributed by atoms with Gasteiger partial charge in [0, 0.05) is 32.0 Å². The number of amides is 1. The predicted molar refractivity (Wildman–Crippen MR) is 84.9 cm³/mol. The molecule has 1 aromatic rings. The van der Waals surface area contributed by atoms with Crippen molar-refractivity contribution in [3.63, 3.8) is 0 Å². The number of likely N-dealkylation sites (tertiary alicyclic amines) is 1. The van der Waals surface area contributed by atoms with Crippen LogP contribution in [0.3, 0.4) is 0 Å². The van der Waals surface area contributed by atoms with Gasteiger partial charge in [0.2, 0.25) is 11.8 Å². The molecule has 0 unspecified atom stereocenters. The lowest BCUT2D eigenvalue weighted by molar-refractivity contribution is -0.134. The number of aryl methyl sites for hydroxylation is 1. The fourth-order valence-corrected chi connectivity index (χ4v) is 4.57. The molecule has 1 saturated carbocycles. The molecule has 0 spiro atoms. The van der Waals surface area contributed by atoms with E-state index in [0.29, 0.717) is 23.8 Å². The van der Waals surface area contributed by atoms with Gasteiger partial charge in [0.05, 0.1) is 6.04 Å². The van der Waals surface area contributed by atoms with Gasteiger partial charge in [-0.3, -0.25) is 4.79 Å². The maximum atomic E-state index is 12.8. The lowest BCUT2D eigenvalue weighted by Crippen LogP contribution is -2.48. The quantitative estimate of drug-likeness (QED) is 0.903. The molecular weight excluding hydrogens is 292 g/mol. The molecule has 2 saturated heterocycles. The molecule has 3 atom stereocenters. The smallest absolute Gasteiger partial charge is 0.239 e. The minimum Gasteiger partial charge on any atom is -0.341 e. The predicted octanol–water partition coefficient (Wildman–Crippen LogP) is 2.00. The van der Waals surface area contributed by atoms with E-state index in [0.717, 1.165) is 44.1 Å². The highest BCUT2D eigenvalue weighted by Crippen LogP contribution is 2.34. The zero-order chi connectivity index (χ0) is 15.8. The molecule has 6 nitrogen and oxygen atoms in total. The minimum atomic E-state index is 0.0482. The highest BCUT2D eigenvalue weighted by Gasteiger charge is 2.40. The Morgan fingerprint density at radius 1 is 1.22 bits per heavy atom. The molecule has 4 rings (SSSR count). The van der Waals surface area contributed by atoms with Crippen LogP contribution in [0.25, 0.3) is 0 Å². The van der Waals surface area contributed by atoms with Crippen molar-refractivity contribution >= 4 is 5.91 Å². The normalized spacial score (nSPS) is 32.0. The van der Waals surface area contributed by atoms with Crippen LogP contribution in [0.2, 0.25) is 0 Å². The molecule has 0 radical (unpaired) electrons. The number of carbonyl (C=O) groups is 1. The second-order valence-corrected chi connectivity index (χ2v) is 7.38. The van der Waals surface area contributed by atoms with Crippen LogP contribution in [-0.4, -0.2) is 46.1 Å². The molecule has 3 aliphatic rings. The van der Waals surface area contributed by atoms with E-state index in [4.69, 9.17) is 4.52 Å². The summed E-state index contributed by atoms with van der Waals surface area (Å²) in [5.74, 6) is 2.78. The van der Waals surface area contributed by atoms with Crippen molar-refractivity contribution in [2.45, 2.75) is 69.9 Å². The first-order valence-corrected chi connectivity index (χ1v) is 9.06. The third kappa shape index (κ3) is 3.01. The van der Waals surface area contributed by atoms with Gasteiger partial charge in [0.25, 0.3) is 0 Å². The average molecular weight is 318 g/mol. The summed E-state index contributed by atoms with van der Waals surface area (Å²) < 4.78 is 5.08. The number of hydrogen-bond acceptors (Lipinski definition) is 5. The SMILES string of the molecule is Cc1nc(C2CCN(C(=O)[C@@H]3C[C@@H]4CCCC[C@@H]4N3)CC2)no1. The zero-order valence-corrected chi connectivity index (χ0v) is 13.8. The Kier molecular flexibility index (Phi) is 4.09. The number of nitrogens with zero attached hydrogens (tertiary/aromatic N) is 3. The molecule has 1 amide bonds. The molecule has 6 heteroatoms. The maximum absolute atomic E-state index is 12.8. The van der Waals surface area contributed by atoms with Gasteiger partial charge in [-0.1, -0.05) is 18.0 Å². The Hall–Kier alpha value is -1.43. The Balaban J connectivity index is 1.32. The molecule has 1 aromatic heterocycles. The number of fused-ring (bicyclic) bond motifs is 1. The van der Waals surface area contributed by atoms with E-state index in [1.54, 1.807) is 0 Å².